The number of oxazole rings is 1. The molecule has 0 amide bonds. The molecule has 0 saturated carbocycles. The fourth-order valence-corrected chi connectivity index (χ4v) is 4.66. The lowest BCUT2D eigenvalue weighted by atomic mass is 10.1. The molecule has 1 N–H and O–H groups in total. The van der Waals surface area contributed by atoms with E-state index in [1.165, 1.54) is 35.8 Å². The van der Waals surface area contributed by atoms with Crippen LogP contribution in [0.4, 0.5) is 0 Å². The third-order valence-electron chi connectivity index (χ3n) is 4.45. The average Bonchev–Trinajstić information content (AvgIpc) is 3.07. The monoisotopic (exact) mass is 406 g/mol. The summed E-state index contributed by atoms with van der Waals surface area (Å²) in [5.41, 5.74) is 0.644. The van der Waals surface area contributed by atoms with Crippen molar-refractivity contribution in [3.8, 4) is 11.9 Å². The van der Waals surface area contributed by atoms with Crippen molar-refractivity contribution in [3.05, 3.63) is 41.0 Å². The Morgan fingerprint density at radius 3 is 3.00 bits per heavy atom. The van der Waals surface area contributed by atoms with Gasteiger partial charge in [0.1, 0.15) is 6.10 Å². The van der Waals surface area contributed by atoms with Crippen LogP contribution in [0.25, 0.3) is 11.1 Å². The van der Waals surface area contributed by atoms with Crippen LogP contribution in [0.1, 0.15) is 12.8 Å². The maximum Gasteiger partial charge on any atom is 0.417 e. The highest BCUT2D eigenvalue weighted by Gasteiger charge is 2.31. The van der Waals surface area contributed by atoms with Gasteiger partial charge >= 0.3 is 11.8 Å². The summed E-state index contributed by atoms with van der Waals surface area (Å²) < 4.78 is 43.2. The standard InChI is InChI=1S/C17H18N4O6S/c1-25-16-18-7-6-15(20-16)26-11-3-2-8-21(10-11)28(23,24)12-4-5-14-13(9-12)19-17(22)27-14/h4-7,9,11H,2-3,8,10H2,1H3,(H,19,22). The van der Waals surface area contributed by atoms with E-state index >= 15 is 0 Å². The number of aromatic nitrogens is 3. The summed E-state index contributed by atoms with van der Waals surface area (Å²) in [6.45, 7) is 0.573. The van der Waals surface area contributed by atoms with Crippen molar-refractivity contribution in [3.63, 3.8) is 0 Å². The van der Waals surface area contributed by atoms with Crippen LogP contribution in [0.15, 0.2) is 44.6 Å². The number of hydrogen-bond donors (Lipinski definition) is 1. The van der Waals surface area contributed by atoms with Crippen LogP contribution in [0, 0.1) is 0 Å². The van der Waals surface area contributed by atoms with Crippen LogP contribution in [0.3, 0.4) is 0 Å². The predicted octanol–water partition coefficient (Wildman–Crippen LogP) is 1.15. The molecule has 0 aliphatic carbocycles. The van der Waals surface area contributed by atoms with E-state index in [9.17, 15) is 13.2 Å². The number of piperidine rings is 1. The van der Waals surface area contributed by atoms with Gasteiger partial charge in [-0.05, 0) is 31.0 Å². The fraction of sp³-hybridized carbons (Fsp3) is 0.353. The average molecular weight is 406 g/mol. The number of fused-ring (bicyclic) bond motifs is 1. The van der Waals surface area contributed by atoms with Gasteiger partial charge in [0.05, 0.1) is 24.1 Å². The summed E-state index contributed by atoms with van der Waals surface area (Å²) in [5.74, 6) is -0.301. The third kappa shape index (κ3) is 3.58. The van der Waals surface area contributed by atoms with Crippen molar-refractivity contribution >= 4 is 21.1 Å². The first-order chi connectivity index (χ1) is 13.5. The van der Waals surface area contributed by atoms with Gasteiger partial charge in [-0.3, -0.25) is 4.98 Å². The second kappa shape index (κ2) is 7.24. The molecule has 2 aromatic heterocycles. The van der Waals surface area contributed by atoms with Crippen molar-refractivity contribution in [1.29, 1.82) is 0 Å². The second-order valence-corrected chi connectivity index (χ2v) is 8.24. The van der Waals surface area contributed by atoms with Gasteiger partial charge in [-0.1, -0.05) is 0 Å². The minimum Gasteiger partial charge on any atom is -0.473 e. The zero-order chi connectivity index (χ0) is 19.7. The topological polar surface area (TPSA) is 128 Å². The number of aromatic amines is 1. The Morgan fingerprint density at radius 1 is 1.32 bits per heavy atom. The Balaban J connectivity index is 1.54. The molecule has 1 unspecified atom stereocenters. The normalized spacial score (nSPS) is 18.2. The minimum atomic E-state index is -3.75. The lowest BCUT2D eigenvalue weighted by Crippen LogP contribution is -2.44. The number of nitrogens with one attached hydrogen (secondary N) is 1. The van der Waals surface area contributed by atoms with Crippen LogP contribution < -0.4 is 15.2 Å². The van der Waals surface area contributed by atoms with Crippen LogP contribution in [-0.4, -0.2) is 54.0 Å². The molecule has 10 nitrogen and oxygen atoms in total. The number of benzene rings is 1. The van der Waals surface area contributed by atoms with E-state index < -0.39 is 15.8 Å². The van der Waals surface area contributed by atoms with E-state index in [1.54, 1.807) is 6.07 Å². The lowest BCUT2D eigenvalue weighted by molar-refractivity contribution is 0.123. The van der Waals surface area contributed by atoms with E-state index in [0.717, 1.165) is 0 Å². The molecule has 1 saturated heterocycles. The highest BCUT2D eigenvalue weighted by Crippen LogP contribution is 2.25. The number of hydrogen-bond acceptors (Lipinski definition) is 8. The van der Waals surface area contributed by atoms with E-state index in [2.05, 4.69) is 15.0 Å². The van der Waals surface area contributed by atoms with E-state index in [0.29, 0.717) is 36.4 Å². The molecule has 28 heavy (non-hydrogen) atoms. The minimum absolute atomic E-state index is 0.0846. The molecule has 0 spiro atoms. The quantitative estimate of drug-likeness (QED) is 0.668. The molecule has 0 radical (unpaired) electrons. The Morgan fingerprint density at radius 2 is 2.18 bits per heavy atom. The molecule has 1 atom stereocenters. The molecular formula is C17H18N4O6S. The van der Waals surface area contributed by atoms with Gasteiger partial charge in [0, 0.05) is 18.8 Å². The van der Waals surface area contributed by atoms with Gasteiger partial charge in [0.2, 0.25) is 15.9 Å². The van der Waals surface area contributed by atoms with Crippen LogP contribution >= 0.6 is 0 Å². The highest BCUT2D eigenvalue weighted by molar-refractivity contribution is 7.89. The number of methoxy groups -OCH3 is 1. The molecule has 0 bridgehead atoms. The first-order valence-electron chi connectivity index (χ1n) is 8.62. The molecular weight excluding hydrogens is 388 g/mol. The maximum atomic E-state index is 13.0. The Labute approximate surface area is 160 Å². The Kier molecular flexibility index (Phi) is 4.77. The Hall–Kier alpha value is -2.92. The first kappa shape index (κ1) is 18.4. The smallest absolute Gasteiger partial charge is 0.417 e. The maximum absolute atomic E-state index is 13.0. The summed E-state index contributed by atoms with van der Waals surface area (Å²) in [6.07, 6.45) is 2.52. The highest BCUT2D eigenvalue weighted by atomic mass is 32.2. The Bertz CT molecular complexity index is 1160. The number of nitrogens with zero attached hydrogens (tertiary/aromatic N) is 3. The van der Waals surface area contributed by atoms with Crippen molar-refractivity contribution < 1.29 is 22.3 Å². The van der Waals surface area contributed by atoms with Crippen LogP contribution in [0.2, 0.25) is 0 Å². The summed E-state index contributed by atoms with van der Waals surface area (Å²) in [4.78, 5) is 21.9. The van der Waals surface area contributed by atoms with Crippen LogP contribution in [0.5, 0.6) is 11.9 Å². The number of sulfonamides is 1. The van der Waals surface area contributed by atoms with Gasteiger partial charge in [-0.2, -0.15) is 9.29 Å². The van der Waals surface area contributed by atoms with E-state index in [4.69, 9.17) is 13.9 Å². The number of rotatable bonds is 5. The molecule has 1 aliphatic rings. The third-order valence-corrected chi connectivity index (χ3v) is 6.31. The SMILES string of the molecule is COc1nccc(OC2CCCN(S(=O)(=O)c3ccc4oc(=O)[nH]c4c3)C2)n1. The summed E-state index contributed by atoms with van der Waals surface area (Å²) in [7, 11) is -2.29. The molecule has 1 fully saturated rings. The second-order valence-electron chi connectivity index (χ2n) is 6.30. The molecule has 4 rings (SSSR count). The molecule has 1 aliphatic heterocycles. The summed E-state index contributed by atoms with van der Waals surface area (Å²) in [5, 5.41) is 0. The van der Waals surface area contributed by atoms with E-state index in [-0.39, 0.29) is 23.6 Å². The van der Waals surface area contributed by atoms with Crippen molar-refractivity contribution in [2.45, 2.75) is 23.8 Å². The van der Waals surface area contributed by atoms with Gasteiger partial charge in [-0.25, -0.2) is 18.2 Å². The molecule has 3 aromatic rings. The zero-order valence-corrected chi connectivity index (χ0v) is 15.8. The number of ether oxygens (including phenoxy) is 2. The predicted molar refractivity (Wildman–Crippen MR) is 97.8 cm³/mol. The molecule has 148 valence electrons. The number of H-pyrrole nitrogens is 1. The molecule has 3 heterocycles. The first-order valence-corrected chi connectivity index (χ1v) is 10.1. The molecule has 1 aromatic carbocycles. The fourth-order valence-electron chi connectivity index (χ4n) is 3.12. The lowest BCUT2D eigenvalue weighted by Gasteiger charge is -2.31. The summed E-state index contributed by atoms with van der Waals surface area (Å²) >= 11 is 0. The van der Waals surface area contributed by atoms with Crippen molar-refractivity contribution in [2.24, 2.45) is 0 Å². The van der Waals surface area contributed by atoms with Gasteiger partial charge in [0.25, 0.3) is 0 Å². The van der Waals surface area contributed by atoms with Gasteiger partial charge < -0.3 is 13.9 Å². The van der Waals surface area contributed by atoms with Crippen molar-refractivity contribution in [1.82, 2.24) is 19.3 Å². The largest absolute Gasteiger partial charge is 0.473 e. The van der Waals surface area contributed by atoms with Crippen molar-refractivity contribution in [2.75, 3.05) is 20.2 Å². The van der Waals surface area contributed by atoms with Gasteiger partial charge in [-0.15, -0.1) is 0 Å². The summed E-state index contributed by atoms with van der Waals surface area (Å²) in [6, 6.07) is 6.06. The molecule has 11 heteroatoms. The van der Waals surface area contributed by atoms with Crippen LogP contribution in [-0.2, 0) is 10.0 Å². The zero-order valence-electron chi connectivity index (χ0n) is 15.0. The van der Waals surface area contributed by atoms with E-state index in [1.807, 2.05) is 0 Å². The van der Waals surface area contributed by atoms with Gasteiger partial charge in [0.15, 0.2) is 5.58 Å².